The number of rotatable bonds is 3. The molecule has 0 N–H and O–H groups in total. The number of ketones is 1. The molecule has 0 saturated carbocycles. The van der Waals surface area contributed by atoms with Crippen LogP contribution in [0.1, 0.15) is 95.8 Å². The average Bonchev–Trinajstić information content (AvgIpc) is 2.34. The van der Waals surface area contributed by atoms with Crippen LogP contribution in [0.3, 0.4) is 0 Å². The van der Waals surface area contributed by atoms with Crippen LogP contribution in [0.25, 0.3) is 0 Å². The van der Waals surface area contributed by atoms with E-state index in [2.05, 4.69) is 83.7 Å². The molecular formula is C21H35OP. The molecule has 0 heterocycles. The first-order valence-corrected chi connectivity index (χ1v) is 9.44. The van der Waals surface area contributed by atoms with Gasteiger partial charge in [-0.25, -0.2) is 0 Å². The lowest BCUT2D eigenvalue weighted by atomic mass is 9.71. The van der Waals surface area contributed by atoms with Crippen molar-refractivity contribution in [2.75, 3.05) is 6.16 Å². The molecule has 1 aromatic carbocycles. The van der Waals surface area contributed by atoms with Gasteiger partial charge in [-0.15, -0.1) is 9.24 Å². The Bertz CT molecular complexity index is 542. The largest absolute Gasteiger partial charge is 0.294 e. The Morgan fingerprint density at radius 2 is 1.22 bits per heavy atom. The van der Waals surface area contributed by atoms with Crippen LogP contribution in [-0.2, 0) is 16.2 Å². The van der Waals surface area contributed by atoms with Gasteiger partial charge in [-0.2, -0.15) is 0 Å². The normalized spacial score (nSPS) is 13.3. The van der Waals surface area contributed by atoms with Gasteiger partial charge in [0.15, 0.2) is 5.78 Å². The molecule has 0 saturated heterocycles. The van der Waals surface area contributed by atoms with Crippen molar-refractivity contribution in [3.63, 3.8) is 0 Å². The van der Waals surface area contributed by atoms with Gasteiger partial charge >= 0.3 is 0 Å². The van der Waals surface area contributed by atoms with Crippen LogP contribution in [0.4, 0.5) is 0 Å². The first-order chi connectivity index (χ1) is 10.2. The van der Waals surface area contributed by atoms with Gasteiger partial charge in [0.1, 0.15) is 0 Å². The summed E-state index contributed by atoms with van der Waals surface area (Å²) in [5.41, 5.74) is 4.63. The zero-order valence-corrected chi connectivity index (χ0v) is 17.7. The summed E-state index contributed by atoms with van der Waals surface area (Å²) in [5, 5.41) is 0. The molecule has 23 heavy (non-hydrogen) atoms. The van der Waals surface area contributed by atoms with Crippen LogP contribution >= 0.6 is 9.24 Å². The SMILES string of the molecule is CC(C)(C)c1cc(C(C)(C)C)c(C(=O)CCP)c(C(C)(C)C)c1. The third kappa shape index (κ3) is 4.90. The van der Waals surface area contributed by atoms with Crippen molar-refractivity contribution < 1.29 is 4.79 Å². The quantitative estimate of drug-likeness (QED) is 0.487. The second-order valence-electron chi connectivity index (χ2n) is 9.66. The van der Waals surface area contributed by atoms with Crippen molar-refractivity contribution in [2.24, 2.45) is 0 Å². The summed E-state index contributed by atoms with van der Waals surface area (Å²) in [5.74, 6) is 0.273. The molecule has 0 spiro atoms. The van der Waals surface area contributed by atoms with Crippen molar-refractivity contribution in [3.8, 4) is 0 Å². The molecule has 1 nitrogen and oxygen atoms in total. The number of hydrogen-bond donors (Lipinski definition) is 0. The minimum atomic E-state index is -0.0485. The molecule has 0 aliphatic rings. The standard InChI is InChI=1S/C21H35OP/c1-19(2,3)14-12-15(20(4,5)6)18(17(22)10-11-23)16(13-14)21(7,8)9/h12-13H,10-11,23H2,1-9H3. The average molecular weight is 334 g/mol. The predicted octanol–water partition coefficient (Wildman–Crippen LogP) is 6.03. The summed E-state index contributed by atoms with van der Waals surface area (Å²) in [4.78, 5) is 12.9. The molecule has 1 atom stereocenters. The fourth-order valence-electron chi connectivity index (χ4n) is 2.81. The van der Waals surface area contributed by atoms with E-state index in [4.69, 9.17) is 0 Å². The van der Waals surface area contributed by atoms with Crippen LogP contribution in [0.15, 0.2) is 12.1 Å². The highest BCUT2D eigenvalue weighted by molar-refractivity contribution is 7.16. The fraction of sp³-hybridized carbons (Fsp3) is 0.667. The van der Waals surface area contributed by atoms with Gasteiger partial charge in [-0.05, 0) is 39.1 Å². The van der Waals surface area contributed by atoms with Gasteiger partial charge in [-0.1, -0.05) is 74.4 Å². The lowest BCUT2D eigenvalue weighted by Crippen LogP contribution is -2.26. The molecular weight excluding hydrogens is 299 g/mol. The van der Waals surface area contributed by atoms with Gasteiger partial charge in [-0.3, -0.25) is 4.79 Å². The number of carbonyl (C=O) groups is 1. The van der Waals surface area contributed by atoms with Gasteiger partial charge in [0.2, 0.25) is 0 Å². The highest BCUT2D eigenvalue weighted by Crippen LogP contribution is 2.38. The van der Waals surface area contributed by atoms with E-state index >= 15 is 0 Å². The highest BCUT2D eigenvalue weighted by atomic mass is 31.0. The van der Waals surface area contributed by atoms with Crippen molar-refractivity contribution in [2.45, 2.75) is 85.0 Å². The van der Waals surface area contributed by atoms with Crippen LogP contribution < -0.4 is 0 Å². The molecule has 1 rings (SSSR count). The lowest BCUT2D eigenvalue weighted by Gasteiger charge is -2.33. The van der Waals surface area contributed by atoms with E-state index in [1.807, 2.05) is 0 Å². The Labute approximate surface area is 145 Å². The monoisotopic (exact) mass is 334 g/mol. The van der Waals surface area contributed by atoms with E-state index in [1.165, 1.54) is 16.7 Å². The van der Waals surface area contributed by atoms with E-state index in [0.717, 1.165) is 11.7 Å². The number of carbonyl (C=O) groups excluding carboxylic acids is 1. The van der Waals surface area contributed by atoms with Gasteiger partial charge < -0.3 is 0 Å². The molecule has 0 aliphatic carbocycles. The molecule has 0 fully saturated rings. The van der Waals surface area contributed by atoms with E-state index < -0.39 is 0 Å². The molecule has 2 heteroatoms. The zero-order chi connectivity index (χ0) is 18.2. The molecule has 0 radical (unpaired) electrons. The molecule has 130 valence electrons. The summed E-state index contributed by atoms with van der Waals surface area (Å²) in [6, 6.07) is 4.54. The van der Waals surface area contributed by atoms with E-state index in [0.29, 0.717) is 6.42 Å². The maximum Gasteiger partial charge on any atom is 0.163 e. The second kappa shape index (κ2) is 6.67. The number of Topliss-reactive ketones (excluding diaryl/α,β-unsaturated/α-hetero) is 1. The van der Waals surface area contributed by atoms with Crippen LogP contribution in [-0.4, -0.2) is 11.9 Å². The molecule has 1 unspecified atom stereocenters. The van der Waals surface area contributed by atoms with Crippen molar-refractivity contribution >= 4 is 15.0 Å². The Morgan fingerprint density at radius 3 is 1.48 bits per heavy atom. The molecule has 0 aliphatic heterocycles. The summed E-state index contributed by atoms with van der Waals surface area (Å²) in [6.45, 7) is 20.0. The Kier molecular flexibility index (Phi) is 5.91. The van der Waals surface area contributed by atoms with Crippen LogP contribution in [0, 0.1) is 0 Å². The van der Waals surface area contributed by atoms with Crippen LogP contribution in [0.5, 0.6) is 0 Å². The maximum atomic E-state index is 12.9. The van der Waals surface area contributed by atoms with Crippen molar-refractivity contribution in [3.05, 3.63) is 34.4 Å². The summed E-state index contributed by atoms with van der Waals surface area (Å²) < 4.78 is 0. The summed E-state index contributed by atoms with van der Waals surface area (Å²) in [6.07, 6.45) is 1.40. The number of benzene rings is 1. The predicted molar refractivity (Wildman–Crippen MR) is 106 cm³/mol. The Balaban J connectivity index is 3.86. The Morgan fingerprint density at radius 1 is 0.826 bits per heavy atom. The zero-order valence-electron chi connectivity index (χ0n) is 16.6. The summed E-state index contributed by atoms with van der Waals surface area (Å²) in [7, 11) is 2.68. The molecule has 0 aromatic heterocycles. The van der Waals surface area contributed by atoms with Crippen molar-refractivity contribution in [1.82, 2.24) is 0 Å². The third-order valence-corrected chi connectivity index (χ3v) is 4.56. The minimum absolute atomic E-state index is 0.0485. The van der Waals surface area contributed by atoms with E-state index in [1.54, 1.807) is 0 Å². The maximum absolute atomic E-state index is 12.9. The fourth-order valence-corrected chi connectivity index (χ4v) is 3.08. The van der Waals surface area contributed by atoms with E-state index in [9.17, 15) is 4.79 Å². The molecule has 1 aromatic rings. The first kappa shape index (κ1) is 20.4. The van der Waals surface area contributed by atoms with Gasteiger partial charge in [0, 0.05) is 12.0 Å². The third-order valence-electron chi connectivity index (χ3n) is 4.27. The molecule has 0 amide bonds. The summed E-state index contributed by atoms with van der Waals surface area (Å²) >= 11 is 0. The smallest absolute Gasteiger partial charge is 0.163 e. The minimum Gasteiger partial charge on any atom is -0.294 e. The van der Waals surface area contributed by atoms with Crippen molar-refractivity contribution in [1.29, 1.82) is 0 Å². The Hall–Kier alpha value is -0.680. The highest BCUT2D eigenvalue weighted by Gasteiger charge is 2.31. The van der Waals surface area contributed by atoms with Gasteiger partial charge in [0.25, 0.3) is 0 Å². The number of hydrogen-bond acceptors (Lipinski definition) is 1. The first-order valence-electron chi connectivity index (χ1n) is 8.62. The van der Waals surface area contributed by atoms with Crippen LogP contribution in [0.2, 0.25) is 0 Å². The molecule has 0 bridgehead atoms. The second-order valence-corrected chi connectivity index (χ2v) is 10.2. The van der Waals surface area contributed by atoms with Gasteiger partial charge in [0.05, 0.1) is 0 Å². The lowest BCUT2D eigenvalue weighted by molar-refractivity contribution is 0.0985. The van der Waals surface area contributed by atoms with E-state index in [-0.39, 0.29) is 22.0 Å². The topological polar surface area (TPSA) is 17.1 Å².